The SMILES string of the molecule is C=CCOS(=O)(=O)c1ccccc1.C=CCc1ccccc1.[Na].[Na]. The Labute approximate surface area is 189 Å². The smallest absolute Gasteiger partial charge is 0.262 e. The fourth-order valence-corrected chi connectivity index (χ4v) is 2.48. The Morgan fingerprint density at radius 3 is 1.79 bits per heavy atom. The molecular formula is C18H20Na2O3S. The molecule has 0 bridgehead atoms. The van der Waals surface area contributed by atoms with E-state index in [0.717, 1.165) is 6.42 Å². The Kier molecular flexibility index (Phi) is 16.4. The van der Waals surface area contributed by atoms with Crippen molar-refractivity contribution in [3.05, 3.63) is 91.5 Å². The minimum absolute atomic E-state index is 0. The Bertz CT molecular complexity index is 672. The van der Waals surface area contributed by atoms with Crippen LogP contribution in [-0.2, 0) is 20.7 Å². The second kappa shape index (κ2) is 15.1. The molecule has 3 nitrogen and oxygen atoms in total. The summed E-state index contributed by atoms with van der Waals surface area (Å²) in [4.78, 5) is 0.164. The van der Waals surface area contributed by atoms with Gasteiger partial charge in [0, 0.05) is 59.1 Å². The topological polar surface area (TPSA) is 43.4 Å². The quantitative estimate of drug-likeness (QED) is 0.450. The Hall–Kier alpha value is -0.170. The van der Waals surface area contributed by atoms with E-state index >= 15 is 0 Å². The molecule has 0 fully saturated rings. The van der Waals surface area contributed by atoms with E-state index in [2.05, 4.69) is 29.5 Å². The van der Waals surface area contributed by atoms with Crippen molar-refractivity contribution >= 4 is 69.2 Å². The zero-order valence-electron chi connectivity index (χ0n) is 14.4. The van der Waals surface area contributed by atoms with Crippen LogP contribution in [0.15, 0.2) is 90.9 Å². The molecule has 0 aliphatic carbocycles. The minimum Gasteiger partial charge on any atom is -0.262 e. The summed E-state index contributed by atoms with van der Waals surface area (Å²) >= 11 is 0. The van der Waals surface area contributed by atoms with Crippen molar-refractivity contribution in [3.63, 3.8) is 0 Å². The van der Waals surface area contributed by atoms with Gasteiger partial charge in [-0.05, 0) is 24.1 Å². The molecule has 0 aromatic heterocycles. The van der Waals surface area contributed by atoms with Gasteiger partial charge < -0.3 is 0 Å². The Balaban J connectivity index is 0. The zero-order chi connectivity index (χ0) is 16.3. The summed E-state index contributed by atoms with van der Waals surface area (Å²) < 4.78 is 27.3. The molecule has 0 aliphatic rings. The molecule has 2 aromatic rings. The maximum absolute atomic E-state index is 11.3. The number of benzene rings is 2. The van der Waals surface area contributed by atoms with Crippen LogP contribution in [-0.4, -0.2) is 74.1 Å². The van der Waals surface area contributed by atoms with E-state index in [0.29, 0.717) is 0 Å². The van der Waals surface area contributed by atoms with Crippen LogP contribution in [0.2, 0.25) is 0 Å². The summed E-state index contributed by atoms with van der Waals surface area (Å²) in [5, 5.41) is 0. The van der Waals surface area contributed by atoms with E-state index in [1.165, 1.54) is 23.8 Å². The van der Waals surface area contributed by atoms with Gasteiger partial charge in [-0.15, -0.1) is 13.2 Å². The van der Waals surface area contributed by atoms with Gasteiger partial charge in [0.1, 0.15) is 0 Å². The number of rotatable bonds is 6. The molecule has 2 rings (SSSR count). The summed E-state index contributed by atoms with van der Waals surface area (Å²) in [6.07, 6.45) is 4.27. The first-order valence-corrected chi connectivity index (χ1v) is 8.21. The fourth-order valence-electron chi connectivity index (χ4n) is 1.57. The third-order valence-corrected chi connectivity index (χ3v) is 3.89. The molecule has 118 valence electrons. The van der Waals surface area contributed by atoms with E-state index in [-0.39, 0.29) is 70.6 Å². The summed E-state index contributed by atoms with van der Waals surface area (Å²) in [6.45, 7) is 7.02. The molecule has 0 aliphatic heterocycles. The van der Waals surface area contributed by atoms with Crippen molar-refractivity contribution in [3.8, 4) is 0 Å². The van der Waals surface area contributed by atoms with Crippen molar-refractivity contribution in [2.45, 2.75) is 11.3 Å². The van der Waals surface area contributed by atoms with Crippen molar-refractivity contribution in [2.24, 2.45) is 0 Å². The van der Waals surface area contributed by atoms with Gasteiger partial charge in [-0.3, -0.25) is 4.18 Å². The average molecular weight is 362 g/mol. The van der Waals surface area contributed by atoms with Crippen LogP contribution in [0.4, 0.5) is 0 Å². The van der Waals surface area contributed by atoms with Crippen LogP contribution in [0.3, 0.4) is 0 Å². The van der Waals surface area contributed by atoms with Crippen LogP contribution >= 0.6 is 0 Å². The third kappa shape index (κ3) is 10.6. The number of hydrogen-bond acceptors (Lipinski definition) is 3. The van der Waals surface area contributed by atoms with E-state index in [9.17, 15) is 8.42 Å². The molecule has 0 saturated carbocycles. The third-order valence-electron chi connectivity index (χ3n) is 2.60. The molecule has 0 saturated heterocycles. The standard InChI is InChI=1S/C9H10O3S.C9H10.2Na/c1-2-8-12-13(10,11)9-6-4-3-5-7-9;1-2-6-9-7-4-3-5-8-9;;/h2-7H,1,8H2;2-5,7-8H,1,6H2;;. The largest absolute Gasteiger partial charge is 0.297 e. The predicted octanol–water partition coefficient (Wildman–Crippen LogP) is 3.23. The second-order valence-electron chi connectivity index (χ2n) is 4.32. The van der Waals surface area contributed by atoms with Crippen LogP contribution in [0, 0.1) is 0 Å². The molecule has 0 unspecified atom stereocenters. The summed E-state index contributed by atoms with van der Waals surface area (Å²) in [6, 6.07) is 18.3. The zero-order valence-corrected chi connectivity index (χ0v) is 19.2. The van der Waals surface area contributed by atoms with Gasteiger partial charge in [0.15, 0.2) is 0 Å². The van der Waals surface area contributed by atoms with Gasteiger partial charge in [-0.1, -0.05) is 60.7 Å². The fraction of sp³-hybridized carbons (Fsp3) is 0.111. The first-order chi connectivity index (χ1) is 10.6. The molecule has 0 N–H and O–H groups in total. The second-order valence-corrected chi connectivity index (χ2v) is 5.93. The number of hydrogen-bond donors (Lipinski definition) is 0. The van der Waals surface area contributed by atoms with E-state index in [1.54, 1.807) is 18.2 Å². The molecule has 0 spiro atoms. The normalized spacial score (nSPS) is 9.33. The first-order valence-electron chi connectivity index (χ1n) is 6.80. The maximum atomic E-state index is 11.3. The van der Waals surface area contributed by atoms with Crippen molar-refractivity contribution in [1.82, 2.24) is 0 Å². The van der Waals surface area contributed by atoms with Crippen molar-refractivity contribution in [2.75, 3.05) is 6.61 Å². The van der Waals surface area contributed by atoms with Crippen molar-refractivity contribution < 1.29 is 12.6 Å². The predicted molar refractivity (Wildman–Crippen MR) is 102 cm³/mol. The maximum Gasteiger partial charge on any atom is 0.297 e. The van der Waals surface area contributed by atoms with Crippen LogP contribution in [0.5, 0.6) is 0 Å². The van der Waals surface area contributed by atoms with Gasteiger partial charge in [0.25, 0.3) is 10.1 Å². The molecule has 0 amide bonds. The van der Waals surface area contributed by atoms with Crippen molar-refractivity contribution in [1.29, 1.82) is 0 Å². The van der Waals surface area contributed by atoms with Crippen LogP contribution in [0.1, 0.15) is 5.56 Å². The molecular weight excluding hydrogens is 342 g/mol. The van der Waals surface area contributed by atoms with Crippen LogP contribution in [0.25, 0.3) is 0 Å². The monoisotopic (exact) mass is 362 g/mol. The van der Waals surface area contributed by atoms with Gasteiger partial charge in [0.2, 0.25) is 0 Å². The first kappa shape index (κ1) is 26.1. The number of allylic oxidation sites excluding steroid dienone is 1. The van der Waals surface area contributed by atoms with Gasteiger partial charge in [-0.25, -0.2) is 0 Å². The molecule has 24 heavy (non-hydrogen) atoms. The molecule has 2 radical (unpaired) electrons. The molecule has 6 heteroatoms. The summed E-state index contributed by atoms with van der Waals surface area (Å²) in [5.74, 6) is 0. The van der Waals surface area contributed by atoms with Crippen LogP contribution < -0.4 is 0 Å². The van der Waals surface area contributed by atoms with E-state index in [1.807, 2.05) is 24.3 Å². The minimum atomic E-state index is -3.59. The molecule has 0 heterocycles. The summed E-state index contributed by atoms with van der Waals surface area (Å²) in [7, 11) is -3.59. The average Bonchev–Trinajstić information content (AvgIpc) is 2.56. The Morgan fingerprint density at radius 1 is 0.833 bits per heavy atom. The summed E-state index contributed by atoms with van der Waals surface area (Å²) in [5.41, 5.74) is 1.33. The van der Waals surface area contributed by atoms with Gasteiger partial charge in [0.05, 0.1) is 11.5 Å². The van der Waals surface area contributed by atoms with Gasteiger partial charge >= 0.3 is 0 Å². The van der Waals surface area contributed by atoms with Gasteiger partial charge in [-0.2, -0.15) is 8.42 Å². The molecule has 2 aromatic carbocycles. The van der Waals surface area contributed by atoms with E-state index in [4.69, 9.17) is 0 Å². The Morgan fingerprint density at radius 2 is 1.33 bits per heavy atom. The molecule has 0 atom stereocenters. The van der Waals surface area contributed by atoms with E-state index < -0.39 is 10.1 Å².